The molecule has 0 amide bonds. The fourth-order valence-electron chi connectivity index (χ4n) is 1.67. The minimum atomic E-state index is 0.398. The van der Waals surface area contributed by atoms with Crippen LogP contribution in [0.5, 0.6) is 11.5 Å². The van der Waals surface area contributed by atoms with Gasteiger partial charge >= 0.3 is 5.75 Å². The molecule has 2 aromatic carbocycles. The van der Waals surface area contributed by atoms with Crippen molar-refractivity contribution < 1.29 is 19.8 Å². The molecule has 7 nitrogen and oxygen atoms in total. The van der Waals surface area contributed by atoms with Crippen molar-refractivity contribution in [2.24, 2.45) is 10.2 Å². The van der Waals surface area contributed by atoms with Gasteiger partial charge in [0, 0.05) is 18.2 Å². The van der Waals surface area contributed by atoms with Gasteiger partial charge in [-0.15, -0.1) is 5.11 Å². The van der Waals surface area contributed by atoms with Crippen LogP contribution < -0.4 is 16.0 Å². The van der Waals surface area contributed by atoms with Gasteiger partial charge < -0.3 is 10.5 Å². The molecule has 0 aliphatic heterocycles. The lowest BCUT2D eigenvalue weighted by molar-refractivity contribution is -0.825. The van der Waals surface area contributed by atoms with Crippen LogP contribution in [0.1, 0.15) is 0 Å². The van der Waals surface area contributed by atoms with E-state index in [1.165, 1.54) is 7.11 Å². The number of carbonyl (C=O) groups excluding carboxylic acids is 1. The van der Waals surface area contributed by atoms with E-state index >= 15 is 0 Å². The number of ether oxygens (including phenoxy) is 1. The van der Waals surface area contributed by atoms with Crippen molar-refractivity contribution in [1.29, 1.82) is 0 Å². The Hall–Kier alpha value is -2.77. The first kappa shape index (κ1) is 14.6. The van der Waals surface area contributed by atoms with Crippen molar-refractivity contribution in [2.45, 2.75) is 0 Å². The Labute approximate surface area is 121 Å². The average Bonchev–Trinajstić information content (AvgIpc) is 2.53. The molecule has 0 bridgehead atoms. The maximum Gasteiger partial charge on any atom is 0.376 e. The number of quaternary nitrogens is 1. The van der Waals surface area contributed by atoms with Gasteiger partial charge in [0.15, 0.2) is 5.69 Å². The lowest BCUT2D eigenvalue weighted by Crippen LogP contribution is -2.73. The molecule has 108 valence electrons. The molecule has 5 N–H and O–H groups in total. The highest BCUT2D eigenvalue weighted by Gasteiger charge is 2.14. The van der Waals surface area contributed by atoms with Crippen LogP contribution in [0.4, 0.5) is 22.7 Å². The first-order valence-corrected chi connectivity index (χ1v) is 6.06. The molecule has 0 radical (unpaired) electrons. The van der Waals surface area contributed by atoms with E-state index in [-0.39, 0.29) is 0 Å². The molecule has 2 aromatic rings. The van der Waals surface area contributed by atoms with Gasteiger partial charge in [-0.25, -0.2) is 9.63 Å². The van der Waals surface area contributed by atoms with Gasteiger partial charge in [-0.05, 0) is 12.1 Å². The number of nitrogen functional groups attached to an aromatic ring is 1. The normalized spacial score (nSPS) is 10.8. The van der Waals surface area contributed by atoms with E-state index < -0.39 is 0 Å². The predicted octanol–water partition coefficient (Wildman–Crippen LogP) is 2.35. The van der Waals surface area contributed by atoms with E-state index in [1.54, 1.807) is 36.4 Å². The van der Waals surface area contributed by atoms with Crippen LogP contribution in [0.25, 0.3) is 0 Å². The van der Waals surface area contributed by atoms with Gasteiger partial charge in [-0.1, -0.05) is 0 Å². The fourth-order valence-corrected chi connectivity index (χ4v) is 1.67. The number of methoxy groups -OCH3 is 1. The molecule has 0 aliphatic carbocycles. The van der Waals surface area contributed by atoms with Crippen LogP contribution in [0.2, 0.25) is 0 Å². The molecule has 2 rings (SSSR count). The number of azo groups is 1. The van der Waals surface area contributed by atoms with E-state index in [2.05, 4.69) is 17.0 Å². The highest BCUT2D eigenvalue weighted by Crippen LogP contribution is 2.37. The minimum absolute atomic E-state index is 0.398. The largest absolute Gasteiger partial charge is 0.494 e. The molecule has 0 heterocycles. The maximum absolute atomic E-state index is 8.86. The molecule has 7 heteroatoms. The predicted molar refractivity (Wildman–Crippen MR) is 78.0 cm³/mol. The van der Waals surface area contributed by atoms with Crippen LogP contribution in [-0.4, -0.2) is 19.1 Å². The summed E-state index contributed by atoms with van der Waals surface area (Å²) >= 11 is 0. The zero-order chi connectivity index (χ0) is 15.2. The minimum Gasteiger partial charge on any atom is -0.494 e. The van der Waals surface area contributed by atoms with Crippen LogP contribution in [-0.2, 0) is 4.42 Å². The summed E-state index contributed by atoms with van der Waals surface area (Å²) in [6, 6.07) is 10.1. The SMILES string of the molecule is C=[O+]c1cc(N=Nc2ccc([NH2+]O)cc2)c(OC)cc1N. The first-order valence-electron chi connectivity index (χ1n) is 6.06. The first-order chi connectivity index (χ1) is 10.2. The van der Waals surface area contributed by atoms with Crippen molar-refractivity contribution >= 4 is 29.5 Å². The third kappa shape index (κ3) is 3.41. The lowest BCUT2D eigenvalue weighted by atomic mass is 10.2. The number of hydrogen-bond donors (Lipinski definition) is 3. The fraction of sp³-hybridized carbons (Fsp3) is 0.0714. The standard InChI is InChI=1S/C14H15N4O3/c1-20-13-8-12(14(21-2)7-11(13)15)17-16-9-3-5-10(18-19)6-4-9/h3-8,18-19H,1,15H2,2H3/q+1/p+1. The van der Waals surface area contributed by atoms with Crippen molar-refractivity contribution in [2.75, 3.05) is 12.8 Å². The highest BCUT2D eigenvalue weighted by molar-refractivity contribution is 5.66. The van der Waals surface area contributed by atoms with Crippen LogP contribution in [0.3, 0.4) is 0 Å². The smallest absolute Gasteiger partial charge is 0.376 e. The molecule has 0 saturated carbocycles. The summed E-state index contributed by atoms with van der Waals surface area (Å²) in [6.07, 6.45) is 0. The second-order valence-corrected chi connectivity index (χ2v) is 4.13. The Kier molecular flexibility index (Phi) is 4.60. The molecular weight excluding hydrogens is 272 g/mol. The Morgan fingerprint density at radius 3 is 2.52 bits per heavy atom. The van der Waals surface area contributed by atoms with Crippen molar-refractivity contribution in [3.05, 3.63) is 36.4 Å². The van der Waals surface area contributed by atoms with E-state index in [9.17, 15) is 0 Å². The third-order valence-corrected chi connectivity index (χ3v) is 2.78. The number of benzene rings is 2. The Bertz CT molecular complexity index is 669. The monoisotopic (exact) mass is 288 g/mol. The second-order valence-electron chi connectivity index (χ2n) is 4.13. The van der Waals surface area contributed by atoms with Crippen LogP contribution in [0.15, 0.2) is 46.6 Å². The lowest BCUT2D eigenvalue weighted by Gasteiger charge is -2.03. The maximum atomic E-state index is 8.86. The molecule has 0 spiro atoms. The van der Waals surface area contributed by atoms with Crippen molar-refractivity contribution in [1.82, 2.24) is 0 Å². The quantitative estimate of drug-likeness (QED) is 0.340. The molecule has 0 fully saturated rings. The molecule has 0 saturated heterocycles. The summed E-state index contributed by atoms with van der Waals surface area (Å²) in [5.41, 5.74) is 8.99. The number of hydrogen-bond acceptors (Lipinski definition) is 5. The zero-order valence-corrected chi connectivity index (χ0v) is 11.5. The Balaban J connectivity index is 2.32. The van der Waals surface area contributed by atoms with E-state index in [0.717, 1.165) is 5.48 Å². The third-order valence-electron chi connectivity index (χ3n) is 2.78. The number of nitrogens with zero attached hydrogens (tertiary/aromatic N) is 2. The average molecular weight is 288 g/mol. The van der Waals surface area contributed by atoms with E-state index in [0.29, 0.717) is 34.2 Å². The second kappa shape index (κ2) is 6.60. The molecule has 0 unspecified atom stereocenters. The number of rotatable bonds is 5. The summed E-state index contributed by atoms with van der Waals surface area (Å²) in [5, 5.41) is 17.1. The highest BCUT2D eigenvalue weighted by atomic mass is 16.5. The molecule has 21 heavy (non-hydrogen) atoms. The topological polar surface area (TPSA) is 108 Å². The molecule has 0 atom stereocenters. The number of nitrogens with two attached hydrogens (primary N) is 2. The van der Waals surface area contributed by atoms with Crippen molar-refractivity contribution in [3.63, 3.8) is 0 Å². The summed E-state index contributed by atoms with van der Waals surface area (Å²) in [6.45, 7) is 3.33. The van der Waals surface area contributed by atoms with Crippen LogP contribution in [0, 0.1) is 0 Å². The summed E-state index contributed by atoms with van der Waals surface area (Å²) in [5.74, 6) is 0.882. The summed E-state index contributed by atoms with van der Waals surface area (Å²) < 4.78 is 10.1. The molecular formula is C14H16N4O3+2. The molecule has 0 aliphatic rings. The van der Waals surface area contributed by atoms with Crippen LogP contribution >= 0.6 is 0 Å². The zero-order valence-electron chi connectivity index (χ0n) is 11.5. The van der Waals surface area contributed by atoms with Gasteiger partial charge in [-0.3, -0.25) is 0 Å². The number of anilines is 1. The van der Waals surface area contributed by atoms with Gasteiger partial charge in [-0.2, -0.15) is 10.6 Å². The van der Waals surface area contributed by atoms with Gasteiger partial charge in [0.05, 0.1) is 18.9 Å². The van der Waals surface area contributed by atoms with E-state index in [4.69, 9.17) is 20.1 Å². The van der Waals surface area contributed by atoms with E-state index in [1.807, 2.05) is 0 Å². The molecule has 0 aromatic heterocycles. The Morgan fingerprint density at radius 2 is 1.95 bits per heavy atom. The van der Waals surface area contributed by atoms with Crippen molar-refractivity contribution in [3.8, 4) is 11.5 Å². The summed E-state index contributed by atoms with van der Waals surface area (Å²) in [4.78, 5) is 0. The van der Waals surface area contributed by atoms with Gasteiger partial charge in [0.2, 0.25) is 0 Å². The van der Waals surface area contributed by atoms with Gasteiger partial charge in [0.25, 0.3) is 6.79 Å². The van der Waals surface area contributed by atoms with Gasteiger partial charge in [0.1, 0.15) is 17.1 Å². The summed E-state index contributed by atoms with van der Waals surface area (Å²) in [7, 11) is 1.52. The Morgan fingerprint density at radius 1 is 1.24 bits per heavy atom.